The molecule has 0 radical (unpaired) electrons. The molecule has 0 aliphatic heterocycles. The topological polar surface area (TPSA) is 21.3 Å². The van der Waals surface area contributed by atoms with Crippen molar-refractivity contribution in [2.75, 3.05) is 14.2 Å². The van der Waals surface area contributed by atoms with E-state index in [-0.39, 0.29) is 0 Å². The van der Waals surface area contributed by atoms with Crippen molar-refractivity contribution in [3.63, 3.8) is 0 Å². The molecule has 1 N–H and O–H groups in total. The van der Waals surface area contributed by atoms with Gasteiger partial charge in [0.15, 0.2) is 0 Å². The molecule has 0 saturated heterocycles. The van der Waals surface area contributed by atoms with Crippen LogP contribution in [0, 0.1) is 0 Å². The number of rotatable bonds is 7. The number of ether oxygens (including phenoxy) is 1. The maximum Gasteiger partial charge on any atom is 0.0721 e. The van der Waals surface area contributed by atoms with Crippen LogP contribution in [0.5, 0.6) is 0 Å². The zero-order chi connectivity index (χ0) is 11.1. The fourth-order valence-electron chi connectivity index (χ4n) is 1.89. The van der Waals surface area contributed by atoms with E-state index in [2.05, 4.69) is 29.1 Å². The number of thiophene rings is 1. The van der Waals surface area contributed by atoms with Crippen LogP contribution in [-0.2, 0) is 11.2 Å². The summed E-state index contributed by atoms with van der Waals surface area (Å²) >= 11 is 1.77. The van der Waals surface area contributed by atoms with Gasteiger partial charge in [0, 0.05) is 13.2 Å². The Labute approximate surface area is 96.7 Å². The van der Waals surface area contributed by atoms with Crippen LogP contribution < -0.4 is 5.32 Å². The van der Waals surface area contributed by atoms with Gasteiger partial charge in [-0.1, -0.05) is 6.92 Å². The van der Waals surface area contributed by atoms with Gasteiger partial charge < -0.3 is 10.1 Å². The molecule has 1 rings (SSSR count). The second-order valence-electron chi connectivity index (χ2n) is 3.75. The van der Waals surface area contributed by atoms with E-state index in [1.165, 1.54) is 5.56 Å². The summed E-state index contributed by atoms with van der Waals surface area (Å²) in [6.45, 7) is 2.17. The standard InChI is InChI=1S/C12H21NOS/c1-4-12(14-3)11(13-2)6-5-10-7-8-15-9-10/h7-9,11-13H,4-6H2,1-3H3. The fraction of sp³-hybridized carbons (Fsp3) is 0.667. The van der Waals surface area contributed by atoms with Crippen LogP contribution in [-0.4, -0.2) is 26.3 Å². The maximum atomic E-state index is 5.46. The predicted molar refractivity (Wildman–Crippen MR) is 66.6 cm³/mol. The first-order chi connectivity index (χ1) is 7.31. The van der Waals surface area contributed by atoms with E-state index in [4.69, 9.17) is 4.74 Å². The molecule has 0 spiro atoms. The average Bonchev–Trinajstić information content (AvgIpc) is 2.77. The summed E-state index contributed by atoms with van der Waals surface area (Å²) < 4.78 is 5.46. The van der Waals surface area contributed by atoms with Gasteiger partial charge in [-0.2, -0.15) is 11.3 Å². The third-order valence-corrected chi connectivity index (χ3v) is 3.58. The fourth-order valence-corrected chi connectivity index (χ4v) is 2.59. The lowest BCUT2D eigenvalue weighted by molar-refractivity contribution is 0.0651. The molecule has 1 aromatic heterocycles. The SMILES string of the molecule is CCC(OC)C(CCc1ccsc1)NC. The average molecular weight is 227 g/mol. The highest BCUT2D eigenvalue weighted by Crippen LogP contribution is 2.13. The molecule has 0 aromatic carbocycles. The van der Waals surface area contributed by atoms with Crippen molar-refractivity contribution in [2.45, 2.75) is 38.3 Å². The summed E-state index contributed by atoms with van der Waals surface area (Å²) in [5.41, 5.74) is 1.44. The third-order valence-electron chi connectivity index (χ3n) is 2.85. The monoisotopic (exact) mass is 227 g/mol. The molecule has 0 amide bonds. The van der Waals surface area contributed by atoms with Crippen LogP contribution in [0.1, 0.15) is 25.3 Å². The summed E-state index contributed by atoms with van der Waals surface area (Å²) in [6.07, 6.45) is 3.66. The van der Waals surface area contributed by atoms with Gasteiger partial charge in [0.25, 0.3) is 0 Å². The van der Waals surface area contributed by atoms with E-state index < -0.39 is 0 Å². The van der Waals surface area contributed by atoms with Crippen molar-refractivity contribution < 1.29 is 4.74 Å². The zero-order valence-corrected chi connectivity index (χ0v) is 10.6. The van der Waals surface area contributed by atoms with Crippen LogP contribution >= 0.6 is 11.3 Å². The molecule has 2 unspecified atom stereocenters. The Morgan fingerprint density at radius 1 is 1.53 bits per heavy atom. The highest BCUT2D eigenvalue weighted by atomic mass is 32.1. The molecule has 0 saturated carbocycles. The molecule has 15 heavy (non-hydrogen) atoms. The number of aryl methyl sites for hydroxylation is 1. The molecule has 2 atom stereocenters. The predicted octanol–water partition coefficient (Wildman–Crippen LogP) is 2.69. The number of likely N-dealkylation sites (N-methyl/N-ethyl adjacent to an activating group) is 1. The minimum absolute atomic E-state index is 0.327. The van der Waals surface area contributed by atoms with Crippen molar-refractivity contribution in [2.24, 2.45) is 0 Å². The molecule has 86 valence electrons. The highest BCUT2D eigenvalue weighted by Gasteiger charge is 2.17. The lowest BCUT2D eigenvalue weighted by atomic mass is 10.0. The van der Waals surface area contributed by atoms with E-state index in [1.54, 1.807) is 18.4 Å². The summed E-state index contributed by atoms with van der Waals surface area (Å²) in [5.74, 6) is 0. The molecule has 0 bridgehead atoms. The molecular formula is C12H21NOS. The summed E-state index contributed by atoms with van der Waals surface area (Å²) in [4.78, 5) is 0. The van der Waals surface area contributed by atoms with Gasteiger partial charge in [0.1, 0.15) is 0 Å². The first kappa shape index (κ1) is 12.7. The smallest absolute Gasteiger partial charge is 0.0721 e. The molecule has 0 aliphatic carbocycles. The van der Waals surface area contributed by atoms with Crippen LogP contribution in [0.15, 0.2) is 16.8 Å². The summed E-state index contributed by atoms with van der Waals surface area (Å²) in [7, 11) is 3.81. The molecule has 2 nitrogen and oxygen atoms in total. The zero-order valence-electron chi connectivity index (χ0n) is 9.82. The Morgan fingerprint density at radius 3 is 2.80 bits per heavy atom. The lowest BCUT2D eigenvalue weighted by Gasteiger charge is -2.24. The Morgan fingerprint density at radius 2 is 2.33 bits per heavy atom. The van der Waals surface area contributed by atoms with Crippen molar-refractivity contribution in [3.8, 4) is 0 Å². The molecule has 1 aromatic rings. The van der Waals surface area contributed by atoms with E-state index >= 15 is 0 Å². The quantitative estimate of drug-likeness (QED) is 0.773. The molecular weight excluding hydrogens is 206 g/mol. The van der Waals surface area contributed by atoms with Gasteiger partial charge in [-0.15, -0.1) is 0 Å². The number of methoxy groups -OCH3 is 1. The van der Waals surface area contributed by atoms with E-state index in [0.29, 0.717) is 12.1 Å². The largest absolute Gasteiger partial charge is 0.380 e. The van der Waals surface area contributed by atoms with Crippen LogP contribution in [0.4, 0.5) is 0 Å². The van der Waals surface area contributed by atoms with Crippen molar-refractivity contribution in [1.82, 2.24) is 5.32 Å². The highest BCUT2D eigenvalue weighted by molar-refractivity contribution is 7.07. The number of hydrogen-bond donors (Lipinski definition) is 1. The van der Waals surface area contributed by atoms with Gasteiger partial charge in [-0.05, 0) is 48.7 Å². The Bertz CT molecular complexity index is 244. The minimum Gasteiger partial charge on any atom is -0.380 e. The van der Waals surface area contributed by atoms with Gasteiger partial charge in [-0.25, -0.2) is 0 Å². The maximum absolute atomic E-state index is 5.46. The Balaban J connectivity index is 2.39. The van der Waals surface area contributed by atoms with Gasteiger partial charge in [0.2, 0.25) is 0 Å². The Hall–Kier alpha value is -0.380. The molecule has 3 heteroatoms. The van der Waals surface area contributed by atoms with Crippen LogP contribution in [0.3, 0.4) is 0 Å². The Kier molecular flexibility index (Phi) is 5.91. The second-order valence-corrected chi connectivity index (χ2v) is 4.53. The molecule has 0 fully saturated rings. The summed E-state index contributed by atoms with van der Waals surface area (Å²) in [6, 6.07) is 2.66. The van der Waals surface area contributed by atoms with Crippen molar-refractivity contribution in [1.29, 1.82) is 0 Å². The first-order valence-electron chi connectivity index (χ1n) is 5.53. The lowest BCUT2D eigenvalue weighted by Crippen LogP contribution is -2.38. The second kappa shape index (κ2) is 6.99. The van der Waals surface area contributed by atoms with Gasteiger partial charge in [0.05, 0.1) is 6.10 Å². The minimum atomic E-state index is 0.327. The van der Waals surface area contributed by atoms with Crippen LogP contribution in [0.2, 0.25) is 0 Å². The van der Waals surface area contributed by atoms with Crippen molar-refractivity contribution in [3.05, 3.63) is 22.4 Å². The van der Waals surface area contributed by atoms with E-state index in [0.717, 1.165) is 19.3 Å². The molecule has 0 aliphatic rings. The van der Waals surface area contributed by atoms with Crippen molar-refractivity contribution >= 4 is 11.3 Å². The normalized spacial score (nSPS) is 15.1. The van der Waals surface area contributed by atoms with Gasteiger partial charge >= 0.3 is 0 Å². The van der Waals surface area contributed by atoms with E-state index in [9.17, 15) is 0 Å². The molecule has 1 heterocycles. The first-order valence-corrected chi connectivity index (χ1v) is 6.47. The third kappa shape index (κ3) is 3.93. The summed E-state index contributed by atoms with van der Waals surface area (Å²) in [5, 5.41) is 7.70. The van der Waals surface area contributed by atoms with E-state index in [1.807, 2.05) is 7.05 Å². The number of nitrogens with one attached hydrogen (secondary N) is 1. The van der Waals surface area contributed by atoms with Gasteiger partial charge in [-0.3, -0.25) is 0 Å². The number of hydrogen-bond acceptors (Lipinski definition) is 3. The van der Waals surface area contributed by atoms with Crippen LogP contribution in [0.25, 0.3) is 0 Å².